The van der Waals surface area contributed by atoms with Crippen LogP contribution in [-0.4, -0.2) is 9.97 Å². The Kier molecular flexibility index (Phi) is 2.44. The van der Waals surface area contributed by atoms with E-state index in [2.05, 4.69) is 62.6 Å². The quantitative estimate of drug-likeness (QED) is 0.777. The van der Waals surface area contributed by atoms with Crippen molar-refractivity contribution >= 4 is 31.9 Å². The molecule has 0 bridgehead atoms. The molecule has 0 spiro atoms. The highest BCUT2D eigenvalue weighted by Crippen LogP contribution is 2.26. The van der Waals surface area contributed by atoms with Gasteiger partial charge in [-0.15, -0.1) is 0 Å². The van der Waals surface area contributed by atoms with E-state index in [1.165, 1.54) is 0 Å². The van der Waals surface area contributed by atoms with E-state index < -0.39 is 0 Å². The first-order valence-corrected chi connectivity index (χ1v) is 4.91. The number of hydrogen-bond donors (Lipinski definition) is 1. The second-order valence-electron chi connectivity index (χ2n) is 3.44. The molecule has 0 saturated heterocycles. The van der Waals surface area contributed by atoms with E-state index in [0.29, 0.717) is 0 Å². The molecule has 2 nitrogen and oxygen atoms in total. The van der Waals surface area contributed by atoms with Gasteiger partial charge in [0, 0.05) is 5.41 Å². The molecule has 0 aliphatic heterocycles. The molecule has 1 aromatic heterocycles. The standard InChI is InChI=1S/C7H10Br2N2/c1-7(2,3)6-10-4(8)5(9)11-6/h1-3H3,(H,10,11). The summed E-state index contributed by atoms with van der Waals surface area (Å²) in [5, 5.41) is 0. The lowest BCUT2D eigenvalue weighted by Gasteiger charge is -2.13. The van der Waals surface area contributed by atoms with Crippen molar-refractivity contribution in [2.75, 3.05) is 0 Å². The minimum absolute atomic E-state index is 0.0779. The summed E-state index contributed by atoms with van der Waals surface area (Å²) in [5.41, 5.74) is 0.0779. The van der Waals surface area contributed by atoms with E-state index in [1.54, 1.807) is 0 Å². The fourth-order valence-corrected chi connectivity index (χ4v) is 1.24. The smallest absolute Gasteiger partial charge is 0.138 e. The lowest BCUT2D eigenvalue weighted by Crippen LogP contribution is -2.13. The first kappa shape index (κ1) is 9.26. The van der Waals surface area contributed by atoms with Crippen LogP contribution in [-0.2, 0) is 5.41 Å². The van der Waals surface area contributed by atoms with Gasteiger partial charge in [0.1, 0.15) is 15.0 Å². The van der Waals surface area contributed by atoms with Crippen molar-refractivity contribution in [1.29, 1.82) is 0 Å². The van der Waals surface area contributed by atoms with Gasteiger partial charge in [0.25, 0.3) is 0 Å². The van der Waals surface area contributed by atoms with Crippen molar-refractivity contribution in [2.45, 2.75) is 26.2 Å². The molecule has 1 rings (SSSR count). The summed E-state index contributed by atoms with van der Waals surface area (Å²) in [6, 6.07) is 0. The maximum Gasteiger partial charge on any atom is 0.138 e. The Morgan fingerprint density at radius 2 is 1.82 bits per heavy atom. The van der Waals surface area contributed by atoms with Crippen LogP contribution in [0.3, 0.4) is 0 Å². The van der Waals surface area contributed by atoms with Gasteiger partial charge < -0.3 is 4.98 Å². The van der Waals surface area contributed by atoms with Gasteiger partial charge in [-0.05, 0) is 31.9 Å². The molecule has 62 valence electrons. The normalized spacial score (nSPS) is 12.1. The average Bonchev–Trinajstić information content (AvgIpc) is 2.11. The number of hydrogen-bond acceptors (Lipinski definition) is 1. The minimum atomic E-state index is 0.0779. The summed E-state index contributed by atoms with van der Waals surface area (Å²) in [7, 11) is 0. The molecule has 0 radical (unpaired) electrons. The zero-order valence-electron chi connectivity index (χ0n) is 6.70. The molecule has 0 fully saturated rings. The van der Waals surface area contributed by atoms with Crippen LogP contribution in [0.5, 0.6) is 0 Å². The van der Waals surface area contributed by atoms with Gasteiger partial charge in [-0.1, -0.05) is 20.8 Å². The van der Waals surface area contributed by atoms with Crippen molar-refractivity contribution in [3.05, 3.63) is 15.0 Å². The monoisotopic (exact) mass is 280 g/mol. The predicted molar refractivity (Wildman–Crippen MR) is 52.7 cm³/mol. The third-order valence-electron chi connectivity index (χ3n) is 1.33. The molecule has 0 aliphatic rings. The van der Waals surface area contributed by atoms with Crippen LogP contribution >= 0.6 is 31.9 Å². The molecule has 0 saturated carbocycles. The van der Waals surface area contributed by atoms with E-state index in [0.717, 1.165) is 15.0 Å². The molecule has 1 heterocycles. The maximum absolute atomic E-state index is 4.30. The molecular weight excluding hydrogens is 272 g/mol. The summed E-state index contributed by atoms with van der Waals surface area (Å²) in [6.45, 7) is 6.35. The van der Waals surface area contributed by atoms with Crippen LogP contribution in [0.4, 0.5) is 0 Å². The Morgan fingerprint density at radius 3 is 2.00 bits per heavy atom. The third-order valence-corrected chi connectivity index (χ3v) is 3.01. The van der Waals surface area contributed by atoms with Gasteiger partial charge in [-0.2, -0.15) is 0 Å². The first-order chi connectivity index (χ1) is 4.91. The number of halogens is 2. The second-order valence-corrected chi connectivity index (χ2v) is 4.98. The average molecular weight is 282 g/mol. The zero-order valence-corrected chi connectivity index (χ0v) is 9.88. The lowest BCUT2D eigenvalue weighted by atomic mass is 9.96. The summed E-state index contributed by atoms with van der Waals surface area (Å²) in [6.07, 6.45) is 0. The summed E-state index contributed by atoms with van der Waals surface area (Å²) in [4.78, 5) is 7.44. The fourth-order valence-electron chi connectivity index (χ4n) is 0.686. The van der Waals surface area contributed by atoms with Crippen LogP contribution in [0.25, 0.3) is 0 Å². The number of rotatable bonds is 0. The molecule has 0 atom stereocenters. The number of nitrogens with zero attached hydrogens (tertiary/aromatic N) is 1. The third kappa shape index (κ3) is 2.06. The fraction of sp³-hybridized carbons (Fsp3) is 0.571. The summed E-state index contributed by atoms with van der Waals surface area (Å²) < 4.78 is 1.74. The Balaban J connectivity index is 3.08. The van der Waals surface area contributed by atoms with Gasteiger partial charge in [0.05, 0.1) is 0 Å². The molecule has 0 unspecified atom stereocenters. The van der Waals surface area contributed by atoms with Gasteiger partial charge in [0.2, 0.25) is 0 Å². The van der Waals surface area contributed by atoms with Crippen LogP contribution in [0.15, 0.2) is 9.21 Å². The van der Waals surface area contributed by atoms with Gasteiger partial charge >= 0.3 is 0 Å². The number of nitrogens with one attached hydrogen (secondary N) is 1. The van der Waals surface area contributed by atoms with Crippen molar-refractivity contribution in [2.24, 2.45) is 0 Å². The molecule has 1 N–H and O–H groups in total. The highest BCUT2D eigenvalue weighted by atomic mass is 79.9. The SMILES string of the molecule is CC(C)(C)c1nc(Br)c(Br)[nH]1. The van der Waals surface area contributed by atoms with Crippen LogP contribution in [0.1, 0.15) is 26.6 Å². The molecular formula is C7H10Br2N2. The van der Waals surface area contributed by atoms with Crippen molar-refractivity contribution in [1.82, 2.24) is 9.97 Å². The molecule has 0 aromatic carbocycles. The molecule has 11 heavy (non-hydrogen) atoms. The van der Waals surface area contributed by atoms with E-state index in [-0.39, 0.29) is 5.41 Å². The number of aromatic nitrogens is 2. The van der Waals surface area contributed by atoms with E-state index in [9.17, 15) is 0 Å². The minimum Gasteiger partial charge on any atom is -0.335 e. The first-order valence-electron chi connectivity index (χ1n) is 3.33. The Hall–Kier alpha value is 0.170. The Bertz CT molecular complexity index is 240. The summed E-state index contributed by atoms with van der Waals surface area (Å²) >= 11 is 6.66. The van der Waals surface area contributed by atoms with Crippen LogP contribution in [0, 0.1) is 0 Å². The topological polar surface area (TPSA) is 28.7 Å². The van der Waals surface area contributed by atoms with Crippen molar-refractivity contribution in [3.8, 4) is 0 Å². The van der Waals surface area contributed by atoms with Crippen LogP contribution in [0.2, 0.25) is 0 Å². The molecule has 0 amide bonds. The van der Waals surface area contributed by atoms with Gasteiger partial charge in [-0.3, -0.25) is 0 Å². The van der Waals surface area contributed by atoms with Crippen LogP contribution < -0.4 is 0 Å². The van der Waals surface area contributed by atoms with Gasteiger partial charge in [-0.25, -0.2) is 4.98 Å². The second kappa shape index (κ2) is 2.90. The number of H-pyrrole nitrogens is 1. The maximum atomic E-state index is 4.30. The Labute approximate surface area is 83.1 Å². The van der Waals surface area contributed by atoms with E-state index in [4.69, 9.17) is 0 Å². The summed E-state index contributed by atoms with van der Waals surface area (Å²) in [5.74, 6) is 0.983. The highest BCUT2D eigenvalue weighted by Gasteiger charge is 2.18. The number of aromatic amines is 1. The van der Waals surface area contributed by atoms with Gasteiger partial charge in [0.15, 0.2) is 0 Å². The highest BCUT2D eigenvalue weighted by molar-refractivity contribution is 9.13. The van der Waals surface area contributed by atoms with Crippen molar-refractivity contribution < 1.29 is 0 Å². The van der Waals surface area contributed by atoms with E-state index >= 15 is 0 Å². The molecule has 0 aliphatic carbocycles. The van der Waals surface area contributed by atoms with Crippen molar-refractivity contribution in [3.63, 3.8) is 0 Å². The van der Waals surface area contributed by atoms with E-state index in [1.807, 2.05) is 0 Å². The predicted octanol–water partition coefficient (Wildman–Crippen LogP) is 3.23. The lowest BCUT2D eigenvalue weighted by molar-refractivity contribution is 0.551. The Morgan fingerprint density at radius 1 is 1.27 bits per heavy atom. The molecule has 1 aromatic rings. The largest absolute Gasteiger partial charge is 0.335 e. The zero-order chi connectivity index (χ0) is 8.65. The number of imidazole rings is 1. The molecule has 4 heteroatoms.